The average Bonchev–Trinajstić information content (AvgIpc) is 2.67. The van der Waals surface area contributed by atoms with Crippen LogP contribution in [0.15, 0.2) is 24.4 Å². The third-order valence-corrected chi connectivity index (χ3v) is 2.96. The van der Waals surface area contributed by atoms with Crippen molar-refractivity contribution in [1.82, 2.24) is 14.7 Å². The second-order valence-corrected chi connectivity index (χ2v) is 4.93. The summed E-state index contributed by atoms with van der Waals surface area (Å²) in [7, 11) is 5.29. The van der Waals surface area contributed by atoms with E-state index in [9.17, 15) is 4.79 Å². The van der Waals surface area contributed by atoms with Gasteiger partial charge in [-0.3, -0.25) is 9.48 Å². The minimum absolute atomic E-state index is 0.0750. The lowest BCUT2D eigenvalue weighted by Crippen LogP contribution is -2.22. The first-order chi connectivity index (χ1) is 9.38. The fourth-order valence-corrected chi connectivity index (χ4v) is 1.96. The number of benzene rings is 1. The third-order valence-electron chi connectivity index (χ3n) is 2.96. The maximum absolute atomic E-state index is 12.2. The molecular formula is C14H19N5O. The Hall–Kier alpha value is -2.50. The maximum atomic E-state index is 12.2. The fourth-order valence-electron chi connectivity index (χ4n) is 1.96. The number of hydrogen-bond donors (Lipinski definition) is 2. The number of amides is 1. The number of nitrogen functional groups attached to an aromatic ring is 1. The number of carbonyl (C=O) groups excluding carboxylic acids is 1. The molecule has 1 aromatic carbocycles. The van der Waals surface area contributed by atoms with Crippen molar-refractivity contribution in [3.8, 4) is 0 Å². The molecule has 0 saturated carbocycles. The SMILES string of the molecule is Cc1nn(C)cc1Nc1cc(N)ccc1C(=O)N(C)C. The monoisotopic (exact) mass is 273 g/mol. The lowest BCUT2D eigenvalue weighted by Gasteiger charge is -2.15. The standard InChI is InChI=1S/C14H19N5O/c1-9-13(8-19(4)17-9)16-12-7-10(15)5-6-11(12)14(20)18(2)3/h5-8,16H,15H2,1-4H3. The van der Waals surface area contributed by atoms with Crippen LogP contribution in [0.5, 0.6) is 0 Å². The van der Waals surface area contributed by atoms with Gasteiger partial charge in [-0.25, -0.2) is 0 Å². The molecule has 20 heavy (non-hydrogen) atoms. The topological polar surface area (TPSA) is 76.2 Å². The summed E-state index contributed by atoms with van der Waals surface area (Å²) < 4.78 is 1.72. The number of rotatable bonds is 3. The summed E-state index contributed by atoms with van der Waals surface area (Å²) in [6.07, 6.45) is 1.86. The molecule has 2 aromatic rings. The van der Waals surface area contributed by atoms with Crippen LogP contribution in [-0.2, 0) is 7.05 Å². The van der Waals surface area contributed by atoms with E-state index in [0.29, 0.717) is 16.9 Å². The molecule has 0 bridgehead atoms. The Morgan fingerprint density at radius 1 is 1.35 bits per heavy atom. The molecule has 106 valence electrons. The first kappa shape index (κ1) is 13.9. The number of aromatic nitrogens is 2. The van der Waals surface area contributed by atoms with E-state index in [1.807, 2.05) is 20.2 Å². The van der Waals surface area contributed by atoms with E-state index in [1.54, 1.807) is 37.0 Å². The van der Waals surface area contributed by atoms with E-state index >= 15 is 0 Å². The van der Waals surface area contributed by atoms with Crippen molar-refractivity contribution >= 4 is 23.0 Å². The Morgan fingerprint density at radius 2 is 2.05 bits per heavy atom. The average molecular weight is 273 g/mol. The van der Waals surface area contributed by atoms with Gasteiger partial charge in [0.2, 0.25) is 0 Å². The van der Waals surface area contributed by atoms with Gasteiger partial charge in [0.15, 0.2) is 0 Å². The number of anilines is 3. The minimum atomic E-state index is -0.0750. The summed E-state index contributed by atoms with van der Waals surface area (Å²) >= 11 is 0. The van der Waals surface area contributed by atoms with E-state index in [1.165, 1.54) is 4.90 Å². The molecule has 0 aliphatic rings. The Kier molecular flexibility index (Phi) is 3.65. The Bertz CT molecular complexity index is 645. The molecule has 1 heterocycles. The molecule has 0 aliphatic heterocycles. The molecule has 0 aliphatic carbocycles. The van der Waals surface area contributed by atoms with Gasteiger partial charge in [-0.05, 0) is 25.1 Å². The van der Waals surface area contributed by atoms with Gasteiger partial charge in [0.1, 0.15) is 0 Å². The number of hydrogen-bond acceptors (Lipinski definition) is 4. The summed E-state index contributed by atoms with van der Waals surface area (Å²) in [5.41, 5.74) is 9.38. The van der Waals surface area contributed by atoms with Gasteiger partial charge in [-0.2, -0.15) is 5.10 Å². The molecule has 0 saturated heterocycles. The van der Waals surface area contributed by atoms with Crippen molar-refractivity contribution in [3.05, 3.63) is 35.7 Å². The normalized spacial score (nSPS) is 10.4. The van der Waals surface area contributed by atoms with Crippen LogP contribution in [0.4, 0.5) is 17.1 Å². The van der Waals surface area contributed by atoms with Gasteiger partial charge in [0, 0.05) is 33.0 Å². The van der Waals surface area contributed by atoms with Crippen LogP contribution in [0.25, 0.3) is 0 Å². The van der Waals surface area contributed by atoms with E-state index in [2.05, 4.69) is 10.4 Å². The lowest BCUT2D eigenvalue weighted by molar-refractivity contribution is 0.0828. The van der Waals surface area contributed by atoms with Gasteiger partial charge in [0.25, 0.3) is 5.91 Å². The highest BCUT2D eigenvalue weighted by atomic mass is 16.2. The molecular weight excluding hydrogens is 254 g/mol. The first-order valence-electron chi connectivity index (χ1n) is 6.27. The number of carbonyl (C=O) groups is 1. The van der Waals surface area contributed by atoms with E-state index in [0.717, 1.165) is 11.4 Å². The zero-order valence-electron chi connectivity index (χ0n) is 12.1. The molecule has 0 atom stereocenters. The van der Waals surface area contributed by atoms with Crippen LogP contribution in [0, 0.1) is 6.92 Å². The van der Waals surface area contributed by atoms with Gasteiger partial charge < -0.3 is 16.0 Å². The number of nitrogens with two attached hydrogens (primary N) is 1. The maximum Gasteiger partial charge on any atom is 0.255 e. The molecule has 0 spiro atoms. The Labute approximate surface area is 118 Å². The number of aryl methyl sites for hydroxylation is 2. The van der Waals surface area contributed by atoms with Crippen LogP contribution in [0.2, 0.25) is 0 Å². The van der Waals surface area contributed by atoms with Crippen LogP contribution >= 0.6 is 0 Å². The highest BCUT2D eigenvalue weighted by Gasteiger charge is 2.15. The van der Waals surface area contributed by atoms with Crippen LogP contribution < -0.4 is 11.1 Å². The van der Waals surface area contributed by atoms with Crippen molar-refractivity contribution in [1.29, 1.82) is 0 Å². The summed E-state index contributed by atoms with van der Waals surface area (Å²) in [6, 6.07) is 5.20. The van der Waals surface area contributed by atoms with Crippen molar-refractivity contribution in [3.63, 3.8) is 0 Å². The van der Waals surface area contributed by atoms with Crippen molar-refractivity contribution in [2.45, 2.75) is 6.92 Å². The van der Waals surface area contributed by atoms with Gasteiger partial charge in [-0.15, -0.1) is 0 Å². The molecule has 1 amide bonds. The number of nitrogens with zero attached hydrogens (tertiary/aromatic N) is 3. The third kappa shape index (κ3) is 2.74. The smallest absolute Gasteiger partial charge is 0.255 e. The molecule has 0 fully saturated rings. The summed E-state index contributed by atoms with van der Waals surface area (Å²) in [5.74, 6) is -0.0750. The molecule has 6 heteroatoms. The summed E-state index contributed by atoms with van der Waals surface area (Å²) in [5, 5.41) is 7.49. The lowest BCUT2D eigenvalue weighted by atomic mass is 10.1. The predicted octanol–water partition coefficient (Wildman–Crippen LogP) is 1.76. The fraction of sp³-hybridized carbons (Fsp3) is 0.286. The highest BCUT2D eigenvalue weighted by Crippen LogP contribution is 2.25. The largest absolute Gasteiger partial charge is 0.399 e. The second kappa shape index (κ2) is 5.24. The van der Waals surface area contributed by atoms with Crippen molar-refractivity contribution in [2.24, 2.45) is 7.05 Å². The van der Waals surface area contributed by atoms with Gasteiger partial charge in [0.05, 0.1) is 22.6 Å². The molecule has 6 nitrogen and oxygen atoms in total. The van der Waals surface area contributed by atoms with Gasteiger partial charge in [-0.1, -0.05) is 0 Å². The zero-order valence-corrected chi connectivity index (χ0v) is 12.1. The zero-order chi connectivity index (χ0) is 14.9. The van der Waals surface area contributed by atoms with E-state index in [4.69, 9.17) is 5.73 Å². The van der Waals surface area contributed by atoms with Crippen LogP contribution in [-0.4, -0.2) is 34.7 Å². The molecule has 1 aromatic heterocycles. The highest BCUT2D eigenvalue weighted by molar-refractivity contribution is 6.00. The van der Waals surface area contributed by atoms with Gasteiger partial charge >= 0.3 is 0 Å². The van der Waals surface area contributed by atoms with E-state index < -0.39 is 0 Å². The van der Waals surface area contributed by atoms with E-state index in [-0.39, 0.29) is 5.91 Å². The quantitative estimate of drug-likeness (QED) is 0.835. The van der Waals surface area contributed by atoms with Crippen LogP contribution in [0.1, 0.15) is 16.1 Å². The number of nitrogens with one attached hydrogen (secondary N) is 1. The predicted molar refractivity (Wildman–Crippen MR) is 80.1 cm³/mol. The molecule has 3 N–H and O–H groups in total. The summed E-state index contributed by atoms with van der Waals surface area (Å²) in [6.45, 7) is 1.90. The van der Waals surface area contributed by atoms with Crippen molar-refractivity contribution < 1.29 is 4.79 Å². The Morgan fingerprint density at radius 3 is 2.60 bits per heavy atom. The second-order valence-electron chi connectivity index (χ2n) is 4.93. The summed E-state index contributed by atoms with van der Waals surface area (Å²) in [4.78, 5) is 13.7. The first-order valence-corrected chi connectivity index (χ1v) is 6.27. The molecule has 2 rings (SSSR count). The van der Waals surface area contributed by atoms with Crippen LogP contribution in [0.3, 0.4) is 0 Å². The minimum Gasteiger partial charge on any atom is -0.399 e. The van der Waals surface area contributed by atoms with Crippen molar-refractivity contribution in [2.75, 3.05) is 25.1 Å². The molecule has 0 radical (unpaired) electrons. The Balaban J connectivity index is 2.42. The molecule has 0 unspecified atom stereocenters.